The summed E-state index contributed by atoms with van der Waals surface area (Å²) in [6, 6.07) is 30.3. The van der Waals surface area contributed by atoms with E-state index in [1.807, 2.05) is 12.1 Å². The van der Waals surface area contributed by atoms with E-state index in [4.69, 9.17) is 0 Å². The maximum Gasteiger partial charge on any atom is 0.339 e. The van der Waals surface area contributed by atoms with Gasteiger partial charge in [-0.25, -0.2) is 9.18 Å². The van der Waals surface area contributed by atoms with Gasteiger partial charge in [0, 0.05) is 17.8 Å². The molecule has 2 atom stereocenters. The van der Waals surface area contributed by atoms with Crippen LogP contribution in [-0.2, 0) is 11.2 Å². The summed E-state index contributed by atoms with van der Waals surface area (Å²) < 4.78 is 18.5. The number of carbonyl (C=O) groups is 1. The fraction of sp³-hybridized carbons (Fsp3) is 0.239. The highest BCUT2D eigenvalue weighted by atomic mass is 19.1. The molecule has 6 heteroatoms. The smallest absolute Gasteiger partial charge is 0.339 e. The monoisotopic (exact) mass is 688 g/mol. The summed E-state index contributed by atoms with van der Waals surface area (Å²) in [5.41, 5.74) is 10.9. The summed E-state index contributed by atoms with van der Waals surface area (Å²) in [7, 11) is 1.35. The van der Waals surface area contributed by atoms with E-state index in [0.29, 0.717) is 23.8 Å². The molecule has 52 heavy (non-hydrogen) atoms. The van der Waals surface area contributed by atoms with E-state index in [9.17, 15) is 14.3 Å². The van der Waals surface area contributed by atoms with Gasteiger partial charge < -0.3 is 9.84 Å². The molecule has 0 amide bonds. The number of esters is 1. The number of pyridine rings is 2. The topological polar surface area (TPSA) is 72.3 Å². The molecule has 0 aliphatic heterocycles. The number of allylic oxidation sites excluding steroid dienone is 3. The number of rotatable bonds is 5. The fourth-order valence-electron chi connectivity index (χ4n) is 8.42. The molecule has 6 aromatic rings. The highest BCUT2D eigenvalue weighted by Crippen LogP contribution is 2.49. The minimum absolute atomic E-state index is 0.223. The number of halogens is 1. The number of methoxy groups -OCH3 is 1. The van der Waals surface area contributed by atoms with Crippen LogP contribution in [0.1, 0.15) is 83.2 Å². The Morgan fingerprint density at radius 3 is 2.50 bits per heavy atom. The molecule has 9 rings (SSSR count). The molecule has 0 saturated heterocycles. The number of aliphatic hydroxyl groups excluding tert-OH is 1. The van der Waals surface area contributed by atoms with Crippen LogP contribution in [0.2, 0.25) is 0 Å². The summed E-state index contributed by atoms with van der Waals surface area (Å²) in [4.78, 5) is 19.2. The number of hydrogen-bond acceptors (Lipinski definition) is 5. The zero-order valence-corrected chi connectivity index (χ0v) is 29.3. The molecule has 2 unspecified atom stereocenters. The molecular formula is C46H41FN2O3. The number of fused-ring (bicyclic) bond motifs is 5. The largest absolute Gasteiger partial charge is 0.465 e. The quantitative estimate of drug-likeness (QED) is 0.183. The second-order valence-corrected chi connectivity index (χ2v) is 14.1. The number of hydrogen-bond donors (Lipinski definition) is 1. The molecule has 1 fully saturated rings. The van der Waals surface area contributed by atoms with E-state index in [2.05, 4.69) is 81.5 Å². The maximum atomic E-state index is 13.9. The van der Waals surface area contributed by atoms with Crippen LogP contribution in [0.15, 0.2) is 127 Å². The van der Waals surface area contributed by atoms with Crippen molar-refractivity contribution in [3.05, 3.63) is 161 Å². The number of benzene rings is 4. The van der Waals surface area contributed by atoms with Gasteiger partial charge in [-0.3, -0.25) is 9.97 Å². The van der Waals surface area contributed by atoms with E-state index in [1.54, 1.807) is 36.7 Å². The lowest BCUT2D eigenvalue weighted by Gasteiger charge is -2.34. The van der Waals surface area contributed by atoms with E-state index < -0.39 is 6.10 Å². The lowest BCUT2D eigenvalue weighted by Crippen LogP contribution is -2.20. The molecule has 2 aromatic heterocycles. The van der Waals surface area contributed by atoms with Crippen LogP contribution in [0.5, 0.6) is 0 Å². The predicted molar refractivity (Wildman–Crippen MR) is 205 cm³/mol. The molecule has 1 saturated carbocycles. The van der Waals surface area contributed by atoms with Gasteiger partial charge in [-0.15, -0.1) is 0 Å². The number of nitrogens with zero attached hydrogens (tertiary/aromatic N) is 2. The minimum atomic E-state index is -0.561. The third kappa shape index (κ3) is 6.67. The van der Waals surface area contributed by atoms with Crippen molar-refractivity contribution in [1.82, 2.24) is 9.97 Å². The second-order valence-electron chi connectivity index (χ2n) is 14.1. The predicted octanol–water partition coefficient (Wildman–Crippen LogP) is 10.7. The van der Waals surface area contributed by atoms with Crippen LogP contribution in [0, 0.1) is 11.7 Å². The minimum Gasteiger partial charge on any atom is -0.465 e. The average molecular weight is 689 g/mol. The lowest BCUT2D eigenvalue weighted by molar-refractivity contribution is 0.0600. The Hall–Kier alpha value is -5.46. The SMILES string of the molecule is COC(=O)c1cnc2cnccc2c1.OC1CC2=C(C=CCC2Cc2ccccc2)c2ccc3cc(C4CCCC4)cc(-c4ccc(F)cc4)c3c21. The zero-order valence-electron chi connectivity index (χ0n) is 29.3. The highest BCUT2D eigenvalue weighted by Gasteiger charge is 2.32. The number of carbonyl (C=O) groups excluding carboxylic acids is 1. The first-order chi connectivity index (χ1) is 25.5. The Balaban J connectivity index is 0.000000232. The van der Waals surface area contributed by atoms with Gasteiger partial charge >= 0.3 is 5.97 Å². The Kier molecular flexibility index (Phi) is 9.48. The van der Waals surface area contributed by atoms with Crippen molar-refractivity contribution in [2.45, 2.75) is 57.0 Å². The van der Waals surface area contributed by atoms with E-state index >= 15 is 0 Å². The second kappa shape index (κ2) is 14.6. The normalized spacial score (nSPS) is 18.1. The van der Waals surface area contributed by atoms with Crippen molar-refractivity contribution in [3.8, 4) is 11.1 Å². The van der Waals surface area contributed by atoms with Gasteiger partial charge in [-0.1, -0.05) is 97.3 Å². The summed E-state index contributed by atoms with van der Waals surface area (Å²) in [6.45, 7) is 0. The van der Waals surface area contributed by atoms with Crippen molar-refractivity contribution < 1.29 is 19.0 Å². The molecule has 5 nitrogen and oxygen atoms in total. The summed E-state index contributed by atoms with van der Waals surface area (Å²) in [6.07, 6.45) is 16.5. The number of aliphatic hydroxyl groups is 1. The van der Waals surface area contributed by atoms with E-state index in [0.717, 1.165) is 51.4 Å². The Bertz CT molecular complexity index is 2320. The van der Waals surface area contributed by atoms with Gasteiger partial charge in [-0.05, 0) is 118 Å². The Morgan fingerprint density at radius 1 is 0.904 bits per heavy atom. The summed E-state index contributed by atoms with van der Waals surface area (Å²) in [5, 5.41) is 14.9. The molecule has 3 aliphatic carbocycles. The molecule has 4 aromatic carbocycles. The van der Waals surface area contributed by atoms with Crippen LogP contribution in [-0.4, -0.2) is 28.2 Å². The molecule has 0 spiro atoms. The third-order valence-electron chi connectivity index (χ3n) is 11.0. The van der Waals surface area contributed by atoms with Crippen molar-refractivity contribution in [2.75, 3.05) is 7.11 Å². The van der Waals surface area contributed by atoms with Crippen LogP contribution in [0.25, 0.3) is 38.4 Å². The van der Waals surface area contributed by atoms with Crippen LogP contribution in [0.3, 0.4) is 0 Å². The van der Waals surface area contributed by atoms with Gasteiger partial charge in [0.15, 0.2) is 0 Å². The molecule has 2 heterocycles. The van der Waals surface area contributed by atoms with Crippen LogP contribution in [0.4, 0.5) is 4.39 Å². The molecule has 3 aliphatic rings. The van der Waals surface area contributed by atoms with Crippen molar-refractivity contribution >= 4 is 33.2 Å². The first kappa shape index (κ1) is 33.7. The standard InChI is InChI=1S/C36H33FO.C10H8N2O2/c37-29-16-13-25(14-17-29)33-21-28(24-9-4-5-10-24)20-27-15-18-31-30-12-6-11-26(19-23-7-2-1-3-8-23)32(30)22-34(38)36(31)35(27)33;1-14-10(13)8-4-7-2-3-11-6-9(7)12-5-8/h1-3,6-8,12-18,20-21,24,26,34,38H,4-5,9-11,19,22H2;2-6H,1H3. The lowest BCUT2D eigenvalue weighted by atomic mass is 9.72. The van der Waals surface area contributed by atoms with Gasteiger partial charge in [0.05, 0.1) is 30.5 Å². The highest BCUT2D eigenvalue weighted by molar-refractivity contribution is 6.03. The van der Waals surface area contributed by atoms with Gasteiger partial charge in [-0.2, -0.15) is 0 Å². The molecule has 1 N–H and O–H groups in total. The first-order valence-corrected chi connectivity index (χ1v) is 18.2. The van der Waals surface area contributed by atoms with Crippen LogP contribution >= 0.6 is 0 Å². The molecule has 0 bridgehead atoms. The third-order valence-corrected chi connectivity index (χ3v) is 11.0. The molecular weight excluding hydrogens is 648 g/mol. The number of aromatic nitrogens is 2. The summed E-state index contributed by atoms with van der Waals surface area (Å²) in [5.74, 6) is 0.376. The van der Waals surface area contributed by atoms with Gasteiger partial charge in [0.2, 0.25) is 0 Å². The molecule has 0 radical (unpaired) electrons. The van der Waals surface area contributed by atoms with E-state index in [-0.39, 0.29) is 11.8 Å². The van der Waals surface area contributed by atoms with Crippen LogP contribution < -0.4 is 0 Å². The summed E-state index contributed by atoms with van der Waals surface area (Å²) >= 11 is 0. The first-order valence-electron chi connectivity index (χ1n) is 18.2. The van der Waals surface area contributed by atoms with Gasteiger partial charge in [0.25, 0.3) is 0 Å². The maximum absolute atomic E-state index is 13.9. The number of ether oxygens (including phenoxy) is 1. The Morgan fingerprint density at radius 2 is 1.71 bits per heavy atom. The van der Waals surface area contributed by atoms with Crippen molar-refractivity contribution in [1.29, 1.82) is 0 Å². The molecule has 260 valence electrons. The van der Waals surface area contributed by atoms with E-state index in [1.165, 1.54) is 66.6 Å². The Labute approximate surface area is 303 Å². The zero-order chi connectivity index (χ0) is 35.6. The van der Waals surface area contributed by atoms with Crippen molar-refractivity contribution in [3.63, 3.8) is 0 Å². The fourth-order valence-corrected chi connectivity index (χ4v) is 8.42. The van der Waals surface area contributed by atoms with Crippen molar-refractivity contribution in [2.24, 2.45) is 5.92 Å². The van der Waals surface area contributed by atoms with Gasteiger partial charge in [0.1, 0.15) is 5.82 Å². The average Bonchev–Trinajstić information content (AvgIpc) is 3.74.